The van der Waals surface area contributed by atoms with Gasteiger partial charge in [0.1, 0.15) is 41.1 Å². The molecule has 0 aromatic heterocycles. The number of carbonyl (C=O) groups is 1. The van der Waals surface area contributed by atoms with Gasteiger partial charge in [0, 0.05) is 0 Å². The number of para-hydroxylation sites is 5. The molecule has 1 unspecified atom stereocenters. The third kappa shape index (κ3) is 10.0. The summed E-state index contributed by atoms with van der Waals surface area (Å²) in [6.07, 6.45) is 0.665. The smallest absolute Gasteiger partial charge is 0.452 e. The van der Waals surface area contributed by atoms with Crippen LogP contribution in [0.1, 0.15) is 5.56 Å². The highest BCUT2D eigenvalue weighted by Gasteiger charge is 2.48. The second-order valence-electron chi connectivity index (χ2n) is 11.3. The van der Waals surface area contributed by atoms with Crippen molar-refractivity contribution in [2.75, 3.05) is 0 Å². The Morgan fingerprint density at radius 1 is 0.455 bits per heavy atom. The second kappa shape index (κ2) is 17.2. The van der Waals surface area contributed by atoms with Crippen LogP contribution in [0.5, 0.6) is 34.5 Å². The van der Waals surface area contributed by atoms with E-state index in [1.54, 1.807) is 84.9 Å². The molecule has 55 heavy (non-hydrogen) atoms. The molecule has 276 valence electrons. The first-order chi connectivity index (χ1) is 26.9. The molecule has 0 bridgehead atoms. The van der Waals surface area contributed by atoms with Crippen LogP contribution in [0.4, 0.5) is 0 Å². The summed E-state index contributed by atoms with van der Waals surface area (Å²) in [7, 11) is -12.1. The molecular formula is C39H32N5O8P3. The van der Waals surface area contributed by atoms with Crippen molar-refractivity contribution in [1.29, 1.82) is 0 Å². The fourth-order valence-electron chi connectivity index (χ4n) is 4.87. The van der Waals surface area contributed by atoms with Gasteiger partial charge in [0.25, 0.3) is 0 Å². The highest BCUT2D eigenvalue weighted by atomic mass is 31.3. The number of esters is 1. The van der Waals surface area contributed by atoms with Crippen molar-refractivity contribution >= 4 is 35.2 Å². The SMILES string of the molecule is [N-]=[N+]=CC(=O)OCc1ccc(OP2(Oc3ccccc3)=NP(Oc3ccccc3)(Oc3ccccc3)=NP(Oc3ccccc3)(Oc3ccccc3)=N2)cc1. The van der Waals surface area contributed by atoms with Gasteiger partial charge in [0.2, 0.25) is 0 Å². The largest absolute Gasteiger partial charge is 0.460 e. The van der Waals surface area contributed by atoms with Crippen molar-refractivity contribution in [3.05, 3.63) is 187 Å². The molecule has 0 amide bonds. The van der Waals surface area contributed by atoms with E-state index in [0.29, 0.717) is 46.3 Å². The van der Waals surface area contributed by atoms with Crippen LogP contribution in [0.25, 0.3) is 5.53 Å². The number of benzene rings is 6. The molecule has 7 rings (SSSR count). The average Bonchev–Trinajstić information content (AvgIpc) is 3.19. The Bertz CT molecular complexity index is 2260. The molecule has 1 heterocycles. The molecule has 1 atom stereocenters. The summed E-state index contributed by atoms with van der Waals surface area (Å²) < 4.78 is 61.2. The summed E-state index contributed by atoms with van der Waals surface area (Å²) in [6.45, 7) is -0.0888. The zero-order valence-corrected chi connectivity index (χ0v) is 31.6. The Balaban J connectivity index is 1.48. The van der Waals surface area contributed by atoms with E-state index >= 15 is 0 Å². The minimum Gasteiger partial charge on any atom is -0.452 e. The molecule has 0 saturated heterocycles. The normalized spacial score (nSPS) is 16.2. The van der Waals surface area contributed by atoms with E-state index in [9.17, 15) is 4.79 Å². The predicted octanol–water partition coefficient (Wildman–Crippen LogP) is 11.7. The maximum atomic E-state index is 11.8. The van der Waals surface area contributed by atoms with Gasteiger partial charge in [-0.3, -0.25) is 0 Å². The number of carbonyl (C=O) groups excluding carboxylic acids is 1. The fraction of sp³-hybridized carbons (Fsp3) is 0.0256. The zero-order valence-electron chi connectivity index (χ0n) is 28.9. The summed E-state index contributed by atoms with van der Waals surface area (Å²) in [5.41, 5.74) is 9.27. The lowest BCUT2D eigenvalue weighted by Gasteiger charge is -2.33. The van der Waals surface area contributed by atoms with Crippen LogP contribution in [0.3, 0.4) is 0 Å². The van der Waals surface area contributed by atoms with Crippen molar-refractivity contribution in [2.45, 2.75) is 6.61 Å². The minimum atomic E-state index is -4.06. The van der Waals surface area contributed by atoms with Crippen molar-refractivity contribution in [1.82, 2.24) is 0 Å². The van der Waals surface area contributed by atoms with Gasteiger partial charge in [-0.05, 0) is 78.4 Å². The van der Waals surface area contributed by atoms with Gasteiger partial charge >= 0.3 is 35.2 Å². The third-order valence-corrected chi connectivity index (χ3v) is 15.3. The molecule has 6 aromatic rings. The lowest BCUT2D eigenvalue weighted by atomic mass is 10.2. The van der Waals surface area contributed by atoms with E-state index in [4.69, 9.17) is 51.0 Å². The first-order valence-electron chi connectivity index (χ1n) is 16.7. The van der Waals surface area contributed by atoms with E-state index in [1.807, 2.05) is 91.0 Å². The number of nitrogens with zero attached hydrogens (tertiary/aromatic N) is 5. The number of rotatable bonds is 15. The van der Waals surface area contributed by atoms with Gasteiger partial charge in [-0.15, -0.1) is 0 Å². The van der Waals surface area contributed by atoms with Crippen LogP contribution in [0.15, 0.2) is 189 Å². The van der Waals surface area contributed by atoms with Gasteiger partial charge in [-0.2, -0.15) is 4.79 Å². The van der Waals surface area contributed by atoms with Crippen LogP contribution >= 0.6 is 23.0 Å². The maximum Gasteiger partial charge on any atom is 0.460 e. The molecule has 0 N–H and O–H groups in total. The molecule has 13 nitrogen and oxygen atoms in total. The van der Waals surface area contributed by atoms with Gasteiger partial charge in [0.05, 0.1) is 0 Å². The van der Waals surface area contributed by atoms with Crippen molar-refractivity contribution in [3.8, 4) is 34.5 Å². The highest BCUT2D eigenvalue weighted by Crippen LogP contribution is 2.78. The van der Waals surface area contributed by atoms with Crippen LogP contribution in [-0.4, -0.2) is 17.0 Å². The predicted molar refractivity (Wildman–Crippen MR) is 210 cm³/mol. The molecule has 1 aliphatic heterocycles. The molecule has 0 fully saturated rings. The molecule has 0 saturated carbocycles. The number of hydrogen-bond acceptors (Lipinski definition) is 11. The van der Waals surface area contributed by atoms with Crippen LogP contribution < -0.4 is 27.1 Å². The quantitative estimate of drug-likeness (QED) is 0.0327. The lowest BCUT2D eigenvalue weighted by molar-refractivity contribution is -0.140. The molecule has 1 aliphatic rings. The standard InChI is InChI=1S/C39H32N5O8P3/c40-41-30-39(45)46-31-32-26-28-38(29-27-32)52-55(51-37-24-14-5-15-25-37)43-53(47-33-16-6-1-7-17-33,48-34-18-8-2-9-19-34)42-54(44-55,49-35-20-10-3-11-21-35)50-36-22-12-4-13-23-36/h1-30H,31H2. The molecule has 0 spiro atoms. The Morgan fingerprint density at radius 3 is 1.00 bits per heavy atom. The first-order valence-corrected chi connectivity index (χ1v) is 21.3. The van der Waals surface area contributed by atoms with Gasteiger partial charge in [0.15, 0.2) is 0 Å². The Hall–Kier alpha value is -6.34. The van der Waals surface area contributed by atoms with Crippen molar-refractivity contribution in [2.24, 2.45) is 13.5 Å². The van der Waals surface area contributed by atoms with E-state index in [2.05, 4.69) is 4.79 Å². The summed E-state index contributed by atoms with van der Waals surface area (Å²) in [5.74, 6) is 1.49. The van der Waals surface area contributed by atoms with Gasteiger partial charge in [-0.25, -0.2) is 4.79 Å². The Kier molecular flexibility index (Phi) is 11.6. The minimum absolute atomic E-state index is 0.0888. The van der Waals surface area contributed by atoms with Crippen LogP contribution in [0.2, 0.25) is 0 Å². The summed E-state index contributed by atoms with van der Waals surface area (Å²) in [5, 5.41) is 0. The van der Waals surface area contributed by atoms with E-state index in [-0.39, 0.29) is 6.61 Å². The second-order valence-corrected chi connectivity index (χ2v) is 17.5. The monoisotopic (exact) mass is 791 g/mol. The number of ether oxygens (including phenoxy) is 1. The van der Waals surface area contributed by atoms with Gasteiger partial charge < -0.3 is 37.4 Å². The topological polar surface area (TPSA) is 155 Å². The average molecular weight is 792 g/mol. The maximum absolute atomic E-state index is 11.8. The molecule has 16 heteroatoms. The summed E-state index contributed by atoms with van der Waals surface area (Å²) in [6, 6.07) is 51.8. The zero-order chi connectivity index (χ0) is 37.8. The van der Waals surface area contributed by atoms with Crippen molar-refractivity contribution in [3.63, 3.8) is 0 Å². The first kappa shape index (κ1) is 37.0. The Morgan fingerprint density at radius 2 is 0.727 bits per heavy atom. The Labute approximate surface area is 317 Å². The molecule has 0 radical (unpaired) electrons. The van der Waals surface area contributed by atoms with E-state index in [1.165, 1.54) is 0 Å². The summed E-state index contributed by atoms with van der Waals surface area (Å²) in [4.78, 5) is 14.5. The van der Waals surface area contributed by atoms with Gasteiger partial charge in [-0.1, -0.05) is 117 Å². The van der Waals surface area contributed by atoms with Crippen LogP contribution in [-0.2, 0) is 16.1 Å². The highest BCUT2D eigenvalue weighted by molar-refractivity contribution is 7.79. The summed E-state index contributed by atoms with van der Waals surface area (Å²) >= 11 is 0. The third-order valence-electron chi connectivity index (χ3n) is 7.21. The van der Waals surface area contributed by atoms with Crippen molar-refractivity contribution < 1.29 is 41.5 Å². The number of hydrogen-bond donors (Lipinski definition) is 0. The molecule has 6 aromatic carbocycles. The lowest BCUT2D eigenvalue weighted by Crippen LogP contribution is -2.11. The van der Waals surface area contributed by atoms with E-state index in [0.717, 1.165) is 0 Å². The van der Waals surface area contributed by atoms with Crippen LogP contribution in [0, 0.1) is 0 Å². The molecule has 0 aliphatic carbocycles. The fourth-order valence-corrected chi connectivity index (χ4v) is 13.9. The van der Waals surface area contributed by atoms with E-state index < -0.39 is 28.9 Å². The molecular weight excluding hydrogens is 759 g/mol.